The van der Waals surface area contributed by atoms with Gasteiger partial charge < -0.3 is 9.64 Å². The van der Waals surface area contributed by atoms with E-state index in [1.165, 1.54) is 0 Å². The lowest BCUT2D eigenvalue weighted by Crippen LogP contribution is -2.53. The Hall–Kier alpha value is -2.47. The number of carbonyl (C=O) groups is 1. The molecule has 2 fully saturated rings. The van der Waals surface area contributed by atoms with Gasteiger partial charge in [0, 0.05) is 13.1 Å². The molecule has 2 unspecified atom stereocenters. The van der Waals surface area contributed by atoms with E-state index in [1.54, 1.807) is 41.2 Å². The van der Waals surface area contributed by atoms with Gasteiger partial charge in [0.1, 0.15) is 5.75 Å². The maximum absolute atomic E-state index is 15.0. The largest absolute Gasteiger partial charge is 0.497 e. The van der Waals surface area contributed by atoms with Crippen LogP contribution in [0.2, 0.25) is 0 Å². The maximum atomic E-state index is 15.0. The Balaban J connectivity index is 1.41. The summed E-state index contributed by atoms with van der Waals surface area (Å²) in [6, 6.07) is 16.2. The Kier molecular flexibility index (Phi) is 5.54. The highest BCUT2D eigenvalue weighted by atomic mass is 19.3. The van der Waals surface area contributed by atoms with Gasteiger partial charge >= 0.3 is 0 Å². The smallest absolute Gasteiger partial charge is 0.267 e. The number of ether oxygens (including phenoxy) is 1. The third-order valence-corrected chi connectivity index (χ3v) is 6.07. The van der Waals surface area contributed by atoms with Crippen molar-refractivity contribution >= 4 is 5.91 Å². The van der Waals surface area contributed by atoms with Crippen LogP contribution in [0.1, 0.15) is 29.9 Å². The van der Waals surface area contributed by atoms with Crippen molar-refractivity contribution in [2.24, 2.45) is 0 Å². The lowest BCUT2D eigenvalue weighted by Gasteiger charge is -2.40. The summed E-state index contributed by atoms with van der Waals surface area (Å²) in [7, 11) is 1.56. The van der Waals surface area contributed by atoms with E-state index >= 15 is 8.78 Å². The summed E-state index contributed by atoms with van der Waals surface area (Å²) >= 11 is 0. The minimum absolute atomic E-state index is 0.0347. The normalized spacial score (nSPS) is 24.7. The first-order chi connectivity index (χ1) is 14.0. The molecule has 2 atom stereocenters. The molecule has 0 radical (unpaired) electrons. The standard InChI is InChI=1S/C23H26F2N2O2/c1-29-19-9-7-18(8-10-19)20-11-13-27(16-23(20,24)25)21-12-14-26(22(21)28)15-17-5-3-2-4-6-17/h2-10,20-21H,11-16H2,1H3. The van der Waals surface area contributed by atoms with Crippen molar-refractivity contribution in [1.82, 2.24) is 9.80 Å². The number of methoxy groups -OCH3 is 1. The number of rotatable bonds is 5. The highest BCUT2D eigenvalue weighted by molar-refractivity contribution is 5.84. The summed E-state index contributed by atoms with van der Waals surface area (Å²) in [6.45, 7) is 1.28. The number of hydrogen-bond donors (Lipinski definition) is 0. The van der Waals surface area contributed by atoms with Crippen LogP contribution in [0.4, 0.5) is 8.78 Å². The van der Waals surface area contributed by atoms with Gasteiger partial charge in [0.2, 0.25) is 5.91 Å². The Morgan fingerprint density at radius 1 is 1.03 bits per heavy atom. The van der Waals surface area contributed by atoms with Crippen LogP contribution in [-0.4, -0.2) is 54.4 Å². The first-order valence-electron chi connectivity index (χ1n) is 10.1. The fourth-order valence-corrected chi connectivity index (χ4v) is 4.50. The zero-order chi connectivity index (χ0) is 20.4. The number of nitrogens with zero attached hydrogens (tertiary/aromatic N) is 2. The molecule has 0 N–H and O–H groups in total. The van der Waals surface area contributed by atoms with Crippen molar-refractivity contribution in [3.8, 4) is 5.75 Å². The van der Waals surface area contributed by atoms with Crippen LogP contribution >= 0.6 is 0 Å². The summed E-state index contributed by atoms with van der Waals surface area (Å²) < 4.78 is 35.1. The molecule has 2 aromatic carbocycles. The van der Waals surface area contributed by atoms with Crippen molar-refractivity contribution in [1.29, 1.82) is 0 Å². The number of carbonyl (C=O) groups excluding carboxylic acids is 1. The van der Waals surface area contributed by atoms with Gasteiger partial charge in [0.25, 0.3) is 5.92 Å². The number of benzene rings is 2. The van der Waals surface area contributed by atoms with E-state index in [2.05, 4.69) is 0 Å². The van der Waals surface area contributed by atoms with Gasteiger partial charge in [0.05, 0.1) is 25.6 Å². The number of alkyl halides is 2. The lowest BCUT2D eigenvalue weighted by molar-refractivity contribution is -0.137. The molecule has 29 heavy (non-hydrogen) atoms. The third kappa shape index (κ3) is 4.13. The van der Waals surface area contributed by atoms with E-state index in [-0.39, 0.29) is 12.5 Å². The number of halogens is 2. The highest BCUT2D eigenvalue weighted by Gasteiger charge is 2.49. The van der Waals surface area contributed by atoms with E-state index in [9.17, 15) is 4.79 Å². The van der Waals surface area contributed by atoms with Crippen LogP contribution in [-0.2, 0) is 11.3 Å². The highest BCUT2D eigenvalue weighted by Crippen LogP contribution is 2.42. The summed E-state index contributed by atoms with van der Waals surface area (Å²) in [6.07, 6.45) is 0.941. The van der Waals surface area contributed by atoms with E-state index in [0.29, 0.717) is 43.8 Å². The molecule has 0 bridgehead atoms. The first-order valence-corrected chi connectivity index (χ1v) is 10.1. The number of piperidine rings is 1. The summed E-state index contributed by atoms with van der Waals surface area (Å²) in [5.41, 5.74) is 1.68. The van der Waals surface area contributed by atoms with E-state index in [0.717, 1.165) is 5.56 Å². The fourth-order valence-electron chi connectivity index (χ4n) is 4.50. The molecule has 2 aliphatic rings. The second-order valence-electron chi connectivity index (χ2n) is 7.90. The van der Waals surface area contributed by atoms with Crippen LogP contribution in [0.3, 0.4) is 0 Å². The van der Waals surface area contributed by atoms with Crippen molar-refractivity contribution in [2.75, 3.05) is 26.7 Å². The molecule has 6 heteroatoms. The Morgan fingerprint density at radius 3 is 2.41 bits per heavy atom. The van der Waals surface area contributed by atoms with Gasteiger partial charge in [-0.3, -0.25) is 9.69 Å². The minimum atomic E-state index is -2.88. The Morgan fingerprint density at radius 2 is 1.76 bits per heavy atom. The zero-order valence-corrected chi connectivity index (χ0v) is 16.6. The molecule has 154 valence electrons. The SMILES string of the molecule is COc1ccc(C2CCN(C3CCN(Cc4ccccc4)C3=O)CC2(F)F)cc1. The van der Waals surface area contributed by atoms with E-state index in [1.807, 2.05) is 30.3 Å². The summed E-state index contributed by atoms with van der Waals surface area (Å²) in [5.74, 6) is -3.08. The van der Waals surface area contributed by atoms with Gasteiger partial charge in [-0.05, 0) is 42.6 Å². The van der Waals surface area contributed by atoms with Gasteiger partial charge in [-0.2, -0.15) is 0 Å². The van der Waals surface area contributed by atoms with Crippen LogP contribution < -0.4 is 4.74 Å². The average molecular weight is 400 g/mol. The van der Waals surface area contributed by atoms with Crippen LogP contribution in [0.25, 0.3) is 0 Å². The predicted molar refractivity (Wildman–Crippen MR) is 107 cm³/mol. The molecule has 2 saturated heterocycles. The molecule has 0 aromatic heterocycles. The molecule has 0 aliphatic carbocycles. The zero-order valence-electron chi connectivity index (χ0n) is 16.6. The van der Waals surface area contributed by atoms with Crippen molar-refractivity contribution < 1.29 is 18.3 Å². The number of amides is 1. The molecular formula is C23H26F2N2O2. The number of likely N-dealkylation sites (tertiary alicyclic amines) is 2. The monoisotopic (exact) mass is 400 g/mol. The van der Waals surface area contributed by atoms with Crippen molar-refractivity contribution in [3.63, 3.8) is 0 Å². The van der Waals surface area contributed by atoms with E-state index in [4.69, 9.17) is 4.74 Å². The lowest BCUT2D eigenvalue weighted by atomic mass is 9.85. The van der Waals surface area contributed by atoms with Gasteiger partial charge in [-0.25, -0.2) is 8.78 Å². The molecule has 1 amide bonds. The fraction of sp³-hybridized carbons (Fsp3) is 0.435. The number of hydrogen-bond acceptors (Lipinski definition) is 3. The molecule has 4 nitrogen and oxygen atoms in total. The van der Waals surface area contributed by atoms with Gasteiger partial charge in [0.15, 0.2) is 0 Å². The predicted octanol–water partition coefficient (Wildman–Crippen LogP) is 3.92. The first kappa shape index (κ1) is 19.8. The topological polar surface area (TPSA) is 32.8 Å². The second kappa shape index (κ2) is 8.11. The molecule has 2 aromatic rings. The quantitative estimate of drug-likeness (QED) is 0.763. The van der Waals surface area contributed by atoms with E-state index < -0.39 is 17.9 Å². The molecule has 2 aliphatic heterocycles. The summed E-state index contributed by atoms with van der Waals surface area (Å²) in [5, 5.41) is 0. The summed E-state index contributed by atoms with van der Waals surface area (Å²) in [4.78, 5) is 16.3. The van der Waals surface area contributed by atoms with Crippen molar-refractivity contribution in [3.05, 3.63) is 65.7 Å². The minimum Gasteiger partial charge on any atom is -0.497 e. The van der Waals surface area contributed by atoms with Crippen LogP contribution in [0.15, 0.2) is 54.6 Å². The molecule has 4 rings (SSSR count). The molecule has 0 saturated carbocycles. The van der Waals surface area contributed by atoms with Gasteiger partial charge in [-0.1, -0.05) is 42.5 Å². The van der Waals surface area contributed by atoms with Crippen LogP contribution in [0, 0.1) is 0 Å². The molecule has 0 spiro atoms. The van der Waals surface area contributed by atoms with Crippen LogP contribution in [0.5, 0.6) is 5.75 Å². The average Bonchev–Trinajstić information content (AvgIpc) is 3.08. The Bertz CT molecular complexity index is 842. The molecule has 2 heterocycles. The Labute approximate surface area is 170 Å². The molecular weight excluding hydrogens is 374 g/mol. The van der Waals surface area contributed by atoms with Crippen molar-refractivity contribution in [2.45, 2.75) is 37.3 Å². The third-order valence-electron chi connectivity index (χ3n) is 6.07. The second-order valence-corrected chi connectivity index (χ2v) is 7.90. The maximum Gasteiger partial charge on any atom is 0.267 e. The van der Waals surface area contributed by atoms with Gasteiger partial charge in [-0.15, -0.1) is 0 Å².